The van der Waals surface area contributed by atoms with Crippen molar-refractivity contribution >= 4 is 29.2 Å². The molecule has 0 amide bonds. The number of aliphatic carboxylic acids is 1. The standard InChI is InChI=1S/C13H15Cl2NO2/c14-11-5-9(8-16-3-1-2-4-16)6-12(15)10(11)7-13(17)18/h5-6H,1-4,7-8H2,(H,17,18). The quantitative estimate of drug-likeness (QED) is 0.924. The van der Waals surface area contributed by atoms with Gasteiger partial charge in [0.1, 0.15) is 0 Å². The Kier molecular flexibility index (Phi) is 4.49. The van der Waals surface area contributed by atoms with Gasteiger partial charge in [-0.15, -0.1) is 0 Å². The van der Waals surface area contributed by atoms with Crippen molar-refractivity contribution in [2.24, 2.45) is 0 Å². The van der Waals surface area contributed by atoms with Crippen LogP contribution in [0.15, 0.2) is 12.1 Å². The number of benzene rings is 1. The largest absolute Gasteiger partial charge is 0.481 e. The van der Waals surface area contributed by atoms with E-state index in [1.165, 1.54) is 12.8 Å². The fourth-order valence-corrected chi connectivity index (χ4v) is 2.93. The second-order valence-corrected chi connectivity index (χ2v) is 5.41. The fraction of sp³-hybridized carbons (Fsp3) is 0.462. The van der Waals surface area contributed by atoms with Gasteiger partial charge in [-0.05, 0) is 43.6 Å². The monoisotopic (exact) mass is 287 g/mol. The Bertz CT molecular complexity index is 433. The zero-order valence-electron chi connectivity index (χ0n) is 9.96. The molecule has 1 fully saturated rings. The van der Waals surface area contributed by atoms with E-state index in [0.29, 0.717) is 15.6 Å². The number of halogens is 2. The number of carboxylic acid groups (broad SMARTS) is 1. The van der Waals surface area contributed by atoms with E-state index < -0.39 is 5.97 Å². The minimum Gasteiger partial charge on any atom is -0.481 e. The van der Waals surface area contributed by atoms with E-state index >= 15 is 0 Å². The molecule has 5 heteroatoms. The molecule has 1 aliphatic rings. The number of hydrogen-bond donors (Lipinski definition) is 1. The Labute approximate surface area is 116 Å². The molecule has 1 aliphatic heterocycles. The van der Waals surface area contributed by atoms with Gasteiger partial charge in [-0.2, -0.15) is 0 Å². The van der Waals surface area contributed by atoms with Crippen molar-refractivity contribution in [3.05, 3.63) is 33.3 Å². The van der Waals surface area contributed by atoms with Crippen LogP contribution in [0.2, 0.25) is 10.0 Å². The highest BCUT2D eigenvalue weighted by molar-refractivity contribution is 6.36. The van der Waals surface area contributed by atoms with E-state index in [1.807, 2.05) is 12.1 Å². The summed E-state index contributed by atoms with van der Waals surface area (Å²) in [6, 6.07) is 3.65. The molecule has 0 bridgehead atoms. The lowest BCUT2D eigenvalue weighted by molar-refractivity contribution is -0.136. The van der Waals surface area contributed by atoms with Crippen LogP contribution in [0.3, 0.4) is 0 Å². The molecule has 0 aromatic heterocycles. The number of hydrogen-bond acceptors (Lipinski definition) is 2. The number of likely N-dealkylation sites (tertiary alicyclic amines) is 1. The maximum atomic E-state index is 10.7. The summed E-state index contributed by atoms with van der Waals surface area (Å²) in [5, 5.41) is 9.68. The zero-order chi connectivity index (χ0) is 13.1. The van der Waals surface area contributed by atoms with Crippen LogP contribution >= 0.6 is 23.2 Å². The Morgan fingerprint density at radius 2 is 1.78 bits per heavy atom. The van der Waals surface area contributed by atoms with Gasteiger partial charge >= 0.3 is 5.97 Å². The van der Waals surface area contributed by atoms with Crippen LogP contribution in [-0.2, 0) is 17.8 Å². The summed E-state index contributed by atoms with van der Waals surface area (Å²) in [5.74, 6) is -0.925. The van der Waals surface area contributed by atoms with Gasteiger partial charge in [0.2, 0.25) is 0 Å². The third-order valence-corrected chi connectivity index (χ3v) is 3.81. The highest BCUT2D eigenvalue weighted by Crippen LogP contribution is 2.28. The van der Waals surface area contributed by atoms with Gasteiger partial charge in [-0.1, -0.05) is 23.2 Å². The molecule has 0 spiro atoms. The van der Waals surface area contributed by atoms with E-state index in [-0.39, 0.29) is 6.42 Å². The molecule has 0 aliphatic carbocycles. The first kappa shape index (κ1) is 13.7. The molecule has 98 valence electrons. The van der Waals surface area contributed by atoms with Crippen LogP contribution in [0.1, 0.15) is 24.0 Å². The van der Waals surface area contributed by atoms with Crippen LogP contribution in [-0.4, -0.2) is 29.1 Å². The fourth-order valence-electron chi connectivity index (χ4n) is 2.27. The van der Waals surface area contributed by atoms with Crippen molar-refractivity contribution < 1.29 is 9.90 Å². The molecule has 0 unspecified atom stereocenters. The SMILES string of the molecule is O=C(O)Cc1c(Cl)cc(CN2CCCC2)cc1Cl. The molecule has 3 nitrogen and oxygen atoms in total. The van der Waals surface area contributed by atoms with Crippen molar-refractivity contribution in [2.75, 3.05) is 13.1 Å². The topological polar surface area (TPSA) is 40.5 Å². The maximum Gasteiger partial charge on any atom is 0.307 e. The van der Waals surface area contributed by atoms with Crippen molar-refractivity contribution in [2.45, 2.75) is 25.8 Å². The summed E-state index contributed by atoms with van der Waals surface area (Å²) in [6.45, 7) is 3.03. The highest BCUT2D eigenvalue weighted by Gasteiger charge is 2.15. The average molecular weight is 288 g/mol. The molecular weight excluding hydrogens is 273 g/mol. The second-order valence-electron chi connectivity index (χ2n) is 4.59. The predicted octanol–water partition coefficient (Wildman–Crippen LogP) is 3.22. The Morgan fingerprint density at radius 3 is 2.28 bits per heavy atom. The van der Waals surface area contributed by atoms with E-state index in [0.717, 1.165) is 25.2 Å². The minimum atomic E-state index is -0.925. The molecule has 1 saturated heterocycles. The average Bonchev–Trinajstić information content (AvgIpc) is 2.76. The highest BCUT2D eigenvalue weighted by atomic mass is 35.5. The van der Waals surface area contributed by atoms with Gasteiger partial charge in [-0.25, -0.2) is 0 Å². The normalized spacial score (nSPS) is 16.1. The van der Waals surface area contributed by atoms with Gasteiger partial charge in [-0.3, -0.25) is 9.69 Å². The van der Waals surface area contributed by atoms with Gasteiger partial charge in [0, 0.05) is 22.2 Å². The number of nitrogens with zero attached hydrogens (tertiary/aromatic N) is 1. The van der Waals surface area contributed by atoms with Crippen molar-refractivity contribution in [3.8, 4) is 0 Å². The van der Waals surface area contributed by atoms with Crippen LogP contribution < -0.4 is 0 Å². The summed E-state index contributed by atoms with van der Waals surface area (Å²) in [7, 11) is 0. The molecule has 0 radical (unpaired) electrons. The second kappa shape index (κ2) is 5.91. The van der Waals surface area contributed by atoms with Crippen molar-refractivity contribution in [1.82, 2.24) is 4.90 Å². The van der Waals surface area contributed by atoms with Gasteiger partial charge in [0.05, 0.1) is 6.42 Å². The summed E-state index contributed by atoms with van der Waals surface area (Å²) < 4.78 is 0. The summed E-state index contributed by atoms with van der Waals surface area (Å²) in [6.07, 6.45) is 2.33. The van der Waals surface area contributed by atoms with Crippen LogP contribution in [0.4, 0.5) is 0 Å². The van der Waals surface area contributed by atoms with E-state index in [9.17, 15) is 4.79 Å². The Morgan fingerprint density at radius 1 is 1.22 bits per heavy atom. The number of rotatable bonds is 4. The van der Waals surface area contributed by atoms with Crippen LogP contribution in [0.5, 0.6) is 0 Å². The van der Waals surface area contributed by atoms with Crippen LogP contribution in [0.25, 0.3) is 0 Å². The lowest BCUT2D eigenvalue weighted by Crippen LogP contribution is -2.18. The van der Waals surface area contributed by atoms with E-state index in [4.69, 9.17) is 28.3 Å². The lowest BCUT2D eigenvalue weighted by atomic mass is 10.1. The van der Waals surface area contributed by atoms with Gasteiger partial charge < -0.3 is 5.11 Å². The maximum absolute atomic E-state index is 10.7. The molecule has 1 aromatic carbocycles. The van der Waals surface area contributed by atoms with Crippen molar-refractivity contribution in [1.29, 1.82) is 0 Å². The lowest BCUT2D eigenvalue weighted by Gasteiger charge is -2.16. The van der Waals surface area contributed by atoms with Gasteiger partial charge in [0.15, 0.2) is 0 Å². The third-order valence-electron chi connectivity index (χ3n) is 3.13. The molecule has 1 N–H and O–H groups in total. The summed E-state index contributed by atoms with van der Waals surface area (Å²) in [4.78, 5) is 13.1. The van der Waals surface area contributed by atoms with Crippen LogP contribution in [0, 0.1) is 0 Å². The Hall–Kier alpha value is -0.770. The van der Waals surface area contributed by atoms with E-state index in [1.54, 1.807) is 0 Å². The minimum absolute atomic E-state index is 0.137. The summed E-state index contributed by atoms with van der Waals surface area (Å²) in [5.41, 5.74) is 1.54. The Balaban J connectivity index is 2.16. The van der Waals surface area contributed by atoms with Crippen molar-refractivity contribution in [3.63, 3.8) is 0 Å². The molecule has 0 atom stereocenters. The number of carbonyl (C=O) groups is 1. The first-order valence-electron chi connectivity index (χ1n) is 5.97. The molecule has 2 rings (SSSR count). The van der Waals surface area contributed by atoms with E-state index in [2.05, 4.69) is 4.90 Å². The third kappa shape index (κ3) is 3.37. The number of carboxylic acids is 1. The first-order valence-corrected chi connectivity index (χ1v) is 6.73. The predicted molar refractivity (Wildman–Crippen MR) is 72.3 cm³/mol. The summed E-state index contributed by atoms with van der Waals surface area (Å²) >= 11 is 12.2. The molecular formula is C13H15Cl2NO2. The zero-order valence-corrected chi connectivity index (χ0v) is 11.5. The first-order chi connectivity index (χ1) is 8.56. The molecule has 1 heterocycles. The molecule has 1 aromatic rings. The molecule has 18 heavy (non-hydrogen) atoms. The smallest absolute Gasteiger partial charge is 0.307 e. The van der Waals surface area contributed by atoms with Gasteiger partial charge in [0.25, 0.3) is 0 Å². The molecule has 0 saturated carbocycles.